The van der Waals surface area contributed by atoms with Crippen molar-refractivity contribution in [1.29, 1.82) is 0 Å². The Morgan fingerprint density at radius 1 is 1.38 bits per heavy atom. The van der Waals surface area contributed by atoms with Gasteiger partial charge in [-0.05, 0) is 51.1 Å². The summed E-state index contributed by atoms with van der Waals surface area (Å²) in [4.78, 5) is 2.45. The molecule has 1 heterocycles. The molecule has 1 aliphatic heterocycles. The Hall–Kier alpha value is -1.50. The average molecular weight is 287 g/mol. The molecule has 114 valence electrons. The summed E-state index contributed by atoms with van der Waals surface area (Å²) in [7, 11) is 2.21. The number of aliphatic hydroxyl groups excluding tert-OH is 1. The Labute approximate surface area is 127 Å². The summed E-state index contributed by atoms with van der Waals surface area (Å²) in [6, 6.07) is 8.53. The van der Waals surface area contributed by atoms with E-state index in [0.717, 1.165) is 24.3 Å². The molecule has 3 heteroatoms. The average Bonchev–Trinajstić information content (AvgIpc) is 2.50. The summed E-state index contributed by atoms with van der Waals surface area (Å²) in [5.41, 5.74) is 0.940. The summed E-state index contributed by atoms with van der Waals surface area (Å²) in [6.45, 7) is 2.07. The maximum absolute atomic E-state index is 8.73. The number of likely N-dealkylation sites (tertiary alicyclic amines) is 1. The molecule has 1 unspecified atom stereocenters. The van der Waals surface area contributed by atoms with E-state index >= 15 is 0 Å². The van der Waals surface area contributed by atoms with E-state index in [1.54, 1.807) is 0 Å². The van der Waals surface area contributed by atoms with E-state index < -0.39 is 0 Å². The second-order valence-electron chi connectivity index (χ2n) is 5.57. The molecule has 1 aliphatic rings. The molecule has 0 aliphatic carbocycles. The molecule has 1 aromatic rings. The van der Waals surface area contributed by atoms with Gasteiger partial charge in [0.25, 0.3) is 0 Å². The van der Waals surface area contributed by atoms with Gasteiger partial charge in [-0.2, -0.15) is 0 Å². The molecule has 1 atom stereocenters. The zero-order valence-corrected chi connectivity index (χ0v) is 12.8. The molecule has 0 aromatic heterocycles. The van der Waals surface area contributed by atoms with Gasteiger partial charge in [0.2, 0.25) is 0 Å². The van der Waals surface area contributed by atoms with E-state index in [9.17, 15) is 0 Å². The van der Waals surface area contributed by atoms with Gasteiger partial charge in [0, 0.05) is 18.0 Å². The molecule has 3 nitrogen and oxygen atoms in total. The lowest BCUT2D eigenvalue weighted by Gasteiger charge is -2.32. The minimum atomic E-state index is 0.109. The smallest absolute Gasteiger partial charge is 0.120 e. The third-order valence-corrected chi connectivity index (χ3v) is 3.94. The number of nitrogens with zero attached hydrogens (tertiary/aromatic N) is 1. The van der Waals surface area contributed by atoms with E-state index in [-0.39, 0.29) is 6.61 Å². The standard InChI is InChI=1S/C18H25NO2/c1-19-12-4-2-9-17(19)11-14-21-18-10-6-8-16(15-18)7-3-5-13-20/h6,8,10,15,17,20H,2,4-5,9,11-14H2,1H3. The molecule has 2 rings (SSSR count). The van der Waals surface area contributed by atoms with Crippen LogP contribution >= 0.6 is 0 Å². The summed E-state index contributed by atoms with van der Waals surface area (Å²) in [5, 5.41) is 8.73. The van der Waals surface area contributed by atoms with Crippen LogP contribution in [0.15, 0.2) is 24.3 Å². The van der Waals surface area contributed by atoms with Gasteiger partial charge in [0.05, 0.1) is 13.2 Å². The molecule has 1 saturated heterocycles. The number of aliphatic hydroxyl groups is 1. The van der Waals surface area contributed by atoms with Crippen LogP contribution in [-0.4, -0.2) is 42.9 Å². The molecule has 1 fully saturated rings. The molecule has 0 radical (unpaired) electrons. The maximum Gasteiger partial charge on any atom is 0.120 e. The van der Waals surface area contributed by atoms with Crippen LogP contribution in [0.2, 0.25) is 0 Å². The Bertz CT molecular complexity index is 489. The van der Waals surface area contributed by atoms with Crippen molar-refractivity contribution in [2.24, 2.45) is 0 Å². The van der Waals surface area contributed by atoms with Gasteiger partial charge in [-0.1, -0.05) is 24.3 Å². The van der Waals surface area contributed by atoms with Gasteiger partial charge in [0.1, 0.15) is 5.75 Å². The number of rotatable bonds is 5. The van der Waals surface area contributed by atoms with Crippen LogP contribution in [0.5, 0.6) is 5.75 Å². The van der Waals surface area contributed by atoms with Gasteiger partial charge >= 0.3 is 0 Å². The fourth-order valence-electron chi connectivity index (χ4n) is 2.71. The molecule has 0 saturated carbocycles. The summed E-state index contributed by atoms with van der Waals surface area (Å²) in [6.07, 6.45) is 5.54. The van der Waals surface area contributed by atoms with Crippen molar-refractivity contribution < 1.29 is 9.84 Å². The molecule has 0 amide bonds. The highest BCUT2D eigenvalue weighted by atomic mass is 16.5. The zero-order valence-electron chi connectivity index (χ0n) is 12.8. The van der Waals surface area contributed by atoms with Crippen molar-refractivity contribution in [3.8, 4) is 17.6 Å². The molecule has 0 bridgehead atoms. The van der Waals surface area contributed by atoms with Crippen LogP contribution in [0.25, 0.3) is 0 Å². The van der Waals surface area contributed by atoms with Gasteiger partial charge in [-0.3, -0.25) is 0 Å². The fraction of sp³-hybridized carbons (Fsp3) is 0.556. The van der Waals surface area contributed by atoms with Crippen molar-refractivity contribution in [2.75, 3.05) is 26.8 Å². The normalized spacial score (nSPS) is 18.9. The number of benzene rings is 1. The lowest BCUT2D eigenvalue weighted by Crippen LogP contribution is -2.37. The number of hydrogen-bond donors (Lipinski definition) is 1. The zero-order chi connectivity index (χ0) is 14.9. The van der Waals surface area contributed by atoms with E-state index in [1.165, 1.54) is 25.8 Å². The van der Waals surface area contributed by atoms with Crippen LogP contribution in [0.4, 0.5) is 0 Å². The SMILES string of the molecule is CN1CCCCC1CCOc1cccc(C#CCCO)c1. The number of piperidine rings is 1. The second-order valence-corrected chi connectivity index (χ2v) is 5.57. The molecular formula is C18H25NO2. The molecular weight excluding hydrogens is 262 g/mol. The third-order valence-electron chi connectivity index (χ3n) is 3.94. The quantitative estimate of drug-likeness (QED) is 0.845. The Morgan fingerprint density at radius 3 is 3.10 bits per heavy atom. The topological polar surface area (TPSA) is 32.7 Å². The fourth-order valence-corrected chi connectivity index (χ4v) is 2.71. The van der Waals surface area contributed by atoms with Gasteiger partial charge in [0.15, 0.2) is 0 Å². The molecule has 1 N–H and O–H groups in total. The molecule has 1 aromatic carbocycles. The number of ether oxygens (including phenoxy) is 1. The second kappa shape index (κ2) is 8.71. The van der Waals surface area contributed by atoms with Crippen LogP contribution in [0.1, 0.15) is 37.7 Å². The summed E-state index contributed by atoms with van der Waals surface area (Å²) < 4.78 is 5.86. The molecule has 0 spiro atoms. The first-order valence-electron chi connectivity index (χ1n) is 7.82. The van der Waals surface area contributed by atoms with E-state index in [0.29, 0.717) is 12.5 Å². The Kier molecular flexibility index (Phi) is 6.59. The van der Waals surface area contributed by atoms with Crippen LogP contribution < -0.4 is 4.74 Å². The molecule has 21 heavy (non-hydrogen) atoms. The Morgan fingerprint density at radius 2 is 2.29 bits per heavy atom. The maximum atomic E-state index is 8.73. The van der Waals surface area contributed by atoms with E-state index in [4.69, 9.17) is 9.84 Å². The highest BCUT2D eigenvalue weighted by molar-refractivity contribution is 5.39. The highest BCUT2D eigenvalue weighted by Crippen LogP contribution is 2.19. The summed E-state index contributed by atoms with van der Waals surface area (Å²) >= 11 is 0. The third kappa shape index (κ3) is 5.41. The first-order chi connectivity index (χ1) is 10.3. The lowest BCUT2D eigenvalue weighted by atomic mass is 10.0. The largest absolute Gasteiger partial charge is 0.493 e. The first kappa shape index (κ1) is 15.9. The van der Waals surface area contributed by atoms with Gasteiger partial charge < -0.3 is 14.7 Å². The van der Waals surface area contributed by atoms with E-state index in [2.05, 4.69) is 23.8 Å². The lowest BCUT2D eigenvalue weighted by molar-refractivity contribution is 0.153. The van der Waals surface area contributed by atoms with Crippen molar-refractivity contribution in [3.05, 3.63) is 29.8 Å². The van der Waals surface area contributed by atoms with Gasteiger partial charge in [-0.25, -0.2) is 0 Å². The first-order valence-corrected chi connectivity index (χ1v) is 7.82. The summed E-state index contributed by atoms with van der Waals surface area (Å²) in [5.74, 6) is 6.84. The van der Waals surface area contributed by atoms with Crippen molar-refractivity contribution in [3.63, 3.8) is 0 Å². The van der Waals surface area contributed by atoms with Gasteiger partial charge in [-0.15, -0.1) is 0 Å². The highest BCUT2D eigenvalue weighted by Gasteiger charge is 2.18. The van der Waals surface area contributed by atoms with Crippen molar-refractivity contribution >= 4 is 0 Å². The minimum Gasteiger partial charge on any atom is -0.493 e. The van der Waals surface area contributed by atoms with Crippen LogP contribution in [0.3, 0.4) is 0 Å². The van der Waals surface area contributed by atoms with Crippen molar-refractivity contribution in [2.45, 2.75) is 38.1 Å². The predicted molar refractivity (Wildman–Crippen MR) is 85.4 cm³/mol. The minimum absolute atomic E-state index is 0.109. The van der Waals surface area contributed by atoms with Crippen molar-refractivity contribution in [1.82, 2.24) is 4.90 Å². The Balaban J connectivity index is 1.80. The monoisotopic (exact) mass is 287 g/mol. The van der Waals surface area contributed by atoms with Crippen LogP contribution in [0, 0.1) is 11.8 Å². The predicted octanol–water partition coefficient (Wildman–Crippen LogP) is 2.67. The number of hydrogen-bond acceptors (Lipinski definition) is 3. The van der Waals surface area contributed by atoms with Crippen LogP contribution in [-0.2, 0) is 0 Å². The van der Waals surface area contributed by atoms with E-state index in [1.807, 2.05) is 24.3 Å².